The number of hydrogen-bond acceptors (Lipinski definition) is 4. The Kier molecular flexibility index (Phi) is 6.87. The molecule has 1 rings (SSSR count). The molecule has 0 radical (unpaired) electrons. The monoisotopic (exact) mass is 307 g/mol. The Labute approximate surface area is 120 Å². The fraction of sp³-hybridized carbons (Fsp3) is 0.615. The van der Waals surface area contributed by atoms with Gasteiger partial charge >= 0.3 is 6.61 Å². The summed E-state index contributed by atoms with van der Waals surface area (Å²) in [6, 6.07) is 1.32. The third-order valence-electron chi connectivity index (χ3n) is 3.12. The smallest absolute Gasteiger partial charge is 0.387 e. The van der Waals surface area contributed by atoms with Crippen LogP contribution < -0.4 is 10.1 Å². The number of thiophene rings is 1. The molecule has 0 aliphatic carbocycles. The van der Waals surface area contributed by atoms with Gasteiger partial charge in [-0.1, -0.05) is 26.7 Å². The maximum Gasteiger partial charge on any atom is 0.387 e. The van der Waals surface area contributed by atoms with Crippen LogP contribution in [-0.2, 0) is 0 Å². The summed E-state index contributed by atoms with van der Waals surface area (Å²) in [6.07, 6.45) is 0.979. The molecule has 2 N–H and O–H groups in total. The SMILES string of the molecule is CCC(CC)C(O)CNC(=O)c1sccc1OC(F)F. The minimum Gasteiger partial charge on any atom is -0.433 e. The minimum atomic E-state index is -2.97. The molecule has 0 spiro atoms. The quantitative estimate of drug-likeness (QED) is 0.776. The summed E-state index contributed by atoms with van der Waals surface area (Å²) in [5.41, 5.74) is 0. The number of hydrogen-bond donors (Lipinski definition) is 2. The number of carbonyl (C=O) groups excluding carboxylic acids is 1. The second kappa shape index (κ2) is 8.16. The first kappa shape index (κ1) is 16.8. The van der Waals surface area contributed by atoms with E-state index in [1.54, 1.807) is 0 Å². The first-order chi connectivity index (χ1) is 9.49. The van der Waals surface area contributed by atoms with Crippen molar-refractivity contribution in [1.82, 2.24) is 5.32 Å². The highest BCUT2D eigenvalue weighted by Crippen LogP contribution is 2.26. The third kappa shape index (κ3) is 4.72. The summed E-state index contributed by atoms with van der Waals surface area (Å²) in [7, 11) is 0. The number of aliphatic hydroxyl groups excluding tert-OH is 1. The normalized spacial score (nSPS) is 12.8. The van der Waals surface area contributed by atoms with Gasteiger partial charge in [0.2, 0.25) is 0 Å². The van der Waals surface area contributed by atoms with E-state index in [9.17, 15) is 18.7 Å². The van der Waals surface area contributed by atoms with Crippen molar-refractivity contribution >= 4 is 17.2 Å². The second-order valence-corrected chi connectivity index (χ2v) is 5.26. The number of amides is 1. The topological polar surface area (TPSA) is 58.6 Å². The van der Waals surface area contributed by atoms with Gasteiger partial charge in [-0.15, -0.1) is 11.3 Å². The molecule has 0 saturated carbocycles. The van der Waals surface area contributed by atoms with Gasteiger partial charge < -0.3 is 15.2 Å². The van der Waals surface area contributed by atoms with E-state index in [0.29, 0.717) is 0 Å². The predicted octanol–water partition coefficient (Wildman–Crippen LogP) is 2.88. The van der Waals surface area contributed by atoms with Crippen LogP contribution in [0.25, 0.3) is 0 Å². The van der Waals surface area contributed by atoms with Crippen molar-refractivity contribution in [2.24, 2.45) is 5.92 Å². The number of rotatable bonds is 8. The number of nitrogens with one attached hydrogen (secondary N) is 1. The fourth-order valence-electron chi connectivity index (χ4n) is 1.93. The summed E-state index contributed by atoms with van der Waals surface area (Å²) in [4.78, 5) is 12.0. The Morgan fingerprint density at radius 1 is 1.45 bits per heavy atom. The summed E-state index contributed by atoms with van der Waals surface area (Å²) in [5, 5.41) is 14.0. The molecule has 1 aromatic rings. The Balaban J connectivity index is 2.57. The lowest BCUT2D eigenvalue weighted by Gasteiger charge is -2.20. The Bertz CT molecular complexity index is 422. The fourth-order valence-corrected chi connectivity index (χ4v) is 2.67. The zero-order chi connectivity index (χ0) is 15.1. The van der Waals surface area contributed by atoms with E-state index in [0.717, 1.165) is 24.2 Å². The average Bonchev–Trinajstić information content (AvgIpc) is 2.84. The van der Waals surface area contributed by atoms with Crippen molar-refractivity contribution in [3.8, 4) is 5.75 Å². The molecular formula is C13H19F2NO3S. The summed E-state index contributed by atoms with van der Waals surface area (Å²) >= 11 is 1.02. The third-order valence-corrected chi connectivity index (χ3v) is 4.01. The van der Waals surface area contributed by atoms with Crippen LogP contribution in [0, 0.1) is 5.92 Å². The highest BCUT2D eigenvalue weighted by molar-refractivity contribution is 7.12. The van der Waals surface area contributed by atoms with Crippen molar-refractivity contribution in [3.63, 3.8) is 0 Å². The first-order valence-corrected chi connectivity index (χ1v) is 7.36. The predicted molar refractivity (Wildman–Crippen MR) is 73.4 cm³/mol. The Morgan fingerprint density at radius 2 is 2.10 bits per heavy atom. The van der Waals surface area contributed by atoms with E-state index < -0.39 is 18.6 Å². The van der Waals surface area contributed by atoms with E-state index in [1.165, 1.54) is 11.4 Å². The molecule has 4 nitrogen and oxygen atoms in total. The molecule has 0 fully saturated rings. The maximum atomic E-state index is 12.2. The van der Waals surface area contributed by atoms with Crippen LogP contribution in [0.1, 0.15) is 36.4 Å². The zero-order valence-corrected chi connectivity index (χ0v) is 12.3. The Morgan fingerprint density at radius 3 is 2.65 bits per heavy atom. The molecule has 1 aromatic heterocycles. The van der Waals surface area contributed by atoms with E-state index in [4.69, 9.17) is 0 Å². The molecule has 0 bridgehead atoms. The van der Waals surface area contributed by atoms with Gasteiger partial charge in [-0.05, 0) is 17.4 Å². The Hall–Kier alpha value is -1.21. The lowest BCUT2D eigenvalue weighted by molar-refractivity contribution is -0.0498. The highest BCUT2D eigenvalue weighted by atomic mass is 32.1. The van der Waals surface area contributed by atoms with Gasteiger partial charge in [-0.3, -0.25) is 4.79 Å². The zero-order valence-electron chi connectivity index (χ0n) is 11.4. The number of carbonyl (C=O) groups is 1. The first-order valence-electron chi connectivity index (χ1n) is 6.48. The molecule has 1 heterocycles. The molecule has 0 aliphatic heterocycles. The molecule has 20 heavy (non-hydrogen) atoms. The molecule has 0 saturated heterocycles. The van der Waals surface area contributed by atoms with Gasteiger partial charge in [0.05, 0.1) is 6.10 Å². The number of ether oxygens (including phenoxy) is 1. The van der Waals surface area contributed by atoms with Crippen LogP contribution in [0.5, 0.6) is 5.75 Å². The number of halogens is 2. The van der Waals surface area contributed by atoms with Crippen molar-refractivity contribution < 1.29 is 23.4 Å². The molecular weight excluding hydrogens is 288 g/mol. The summed E-state index contributed by atoms with van der Waals surface area (Å²) in [6.45, 7) is 1.06. The lowest BCUT2D eigenvalue weighted by Crippen LogP contribution is -2.35. The van der Waals surface area contributed by atoms with E-state index in [1.807, 2.05) is 13.8 Å². The van der Waals surface area contributed by atoms with Gasteiger partial charge in [-0.2, -0.15) is 8.78 Å². The minimum absolute atomic E-state index is 0.0852. The lowest BCUT2D eigenvalue weighted by atomic mass is 9.96. The highest BCUT2D eigenvalue weighted by Gasteiger charge is 2.20. The van der Waals surface area contributed by atoms with Crippen molar-refractivity contribution in [2.75, 3.05) is 6.54 Å². The molecule has 0 aromatic carbocycles. The largest absolute Gasteiger partial charge is 0.433 e. The number of aliphatic hydroxyl groups is 1. The van der Waals surface area contributed by atoms with Gasteiger partial charge in [0.15, 0.2) is 0 Å². The summed E-state index contributed by atoms with van der Waals surface area (Å²) < 4.78 is 28.6. The van der Waals surface area contributed by atoms with Gasteiger partial charge in [0.1, 0.15) is 10.6 Å². The molecule has 0 aliphatic rings. The number of alkyl halides is 2. The van der Waals surface area contributed by atoms with E-state index in [-0.39, 0.29) is 23.1 Å². The van der Waals surface area contributed by atoms with Crippen LogP contribution in [0.4, 0.5) is 8.78 Å². The van der Waals surface area contributed by atoms with Crippen molar-refractivity contribution in [3.05, 3.63) is 16.3 Å². The van der Waals surface area contributed by atoms with Gasteiger partial charge in [-0.25, -0.2) is 0 Å². The standard InChI is InChI=1S/C13H19F2NO3S/c1-3-8(4-2)9(17)7-16-12(18)11-10(5-6-20-11)19-13(14)15/h5-6,8-9,13,17H,3-4,7H2,1-2H3,(H,16,18). The molecule has 1 atom stereocenters. The molecule has 114 valence electrons. The van der Waals surface area contributed by atoms with Gasteiger partial charge in [0, 0.05) is 6.54 Å². The van der Waals surface area contributed by atoms with Gasteiger partial charge in [0.25, 0.3) is 5.91 Å². The van der Waals surface area contributed by atoms with E-state index >= 15 is 0 Å². The summed E-state index contributed by atoms with van der Waals surface area (Å²) in [5.74, 6) is -0.546. The van der Waals surface area contributed by atoms with Crippen LogP contribution in [0.15, 0.2) is 11.4 Å². The van der Waals surface area contributed by atoms with Crippen LogP contribution in [-0.4, -0.2) is 30.3 Å². The second-order valence-electron chi connectivity index (χ2n) is 4.35. The van der Waals surface area contributed by atoms with Crippen LogP contribution in [0.2, 0.25) is 0 Å². The molecule has 1 unspecified atom stereocenters. The van der Waals surface area contributed by atoms with Crippen molar-refractivity contribution in [1.29, 1.82) is 0 Å². The van der Waals surface area contributed by atoms with E-state index in [2.05, 4.69) is 10.1 Å². The maximum absolute atomic E-state index is 12.2. The van der Waals surface area contributed by atoms with Crippen LogP contribution >= 0.6 is 11.3 Å². The average molecular weight is 307 g/mol. The van der Waals surface area contributed by atoms with Crippen LogP contribution in [0.3, 0.4) is 0 Å². The molecule has 7 heteroatoms. The van der Waals surface area contributed by atoms with Crippen molar-refractivity contribution in [2.45, 2.75) is 39.4 Å². The molecule has 1 amide bonds.